The van der Waals surface area contributed by atoms with Gasteiger partial charge < -0.3 is 5.32 Å². The minimum absolute atomic E-state index is 0.0743. The third kappa shape index (κ3) is 8.27. The summed E-state index contributed by atoms with van der Waals surface area (Å²) < 4.78 is 30.0. The van der Waals surface area contributed by atoms with Gasteiger partial charge >= 0.3 is 0 Å². The van der Waals surface area contributed by atoms with E-state index in [1.54, 1.807) is 24.3 Å². The Morgan fingerprint density at radius 1 is 1.00 bits per heavy atom. The molecular formula is C26H43NO4SSi. The van der Waals surface area contributed by atoms with Gasteiger partial charge in [0.15, 0.2) is 0 Å². The fourth-order valence-electron chi connectivity index (χ4n) is 4.69. The second kappa shape index (κ2) is 12.7. The van der Waals surface area contributed by atoms with Gasteiger partial charge in [0.1, 0.15) is 8.07 Å². The Morgan fingerprint density at radius 2 is 1.52 bits per heavy atom. The Morgan fingerprint density at radius 3 is 1.97 bits per heavy atom. The van der Waals surface area contributed by atoms with Crippen molar-refractivity contribution in [2.45, 2.75) is 103 Å². The Balaban J connectivity index is 2.89. The molecule has 0 aromatic heterocycles. The first-order valence-corrected chi connectivity index (χ1v) is 15.6. The number of amides is 1. The van der Waals surface area contributed by atoms with Crippen LogP contribution in [-0.4, -0.2) is 35.0 Å². The normalized spacial score (nSPS) is 14.2. The maximum absolute atomic E-state index is 12.4. The van der Waals surface area contributed by atoms with Gasteiger partial charge in [-0.05, 0) is 54.4 Å². The summed E-state index contributed by atoms with van der Waals surface area (Å²) in [6.07, 6.45) is 1.26. The van der Waals surface area contributed by atoms with E-state index in [9.17, 15) is 13.2 Å². The topological polar surface area (TPSA) is 72.5 Å². The van der Waals surface area contributed by atoms with E-state index < -0.39 is 18.2 Å². The van der Waals surface area contributed by atoms with Crippen LogP contribution in [0.25, 0.3) is 0 Å². The highest BCUT2D eigenvalue weighted by Gasteiger charge is 2.41. The predicted molar refractivity (Wildman–Crippen MR) is 139 cm³/mol. The standard InChI is InChI=1S/C26H43NO4SSi/c1-19(2)33(20(3)4,21(5)6)18-16-26(27-24(9)28)23(8)11-10-17-31-32(29,30)25-14-12-22(7)13-15-25/h12-15,19-21,23,26H,10-11,17H2,1-9H3,(H,27,28)/t23-,26-/m1/s1. The summed E-state index contributed by atoms with van der Waals surface area (Å²) in [5.41, 5.74) is 6.24. The summed E-state index contributed by atoms with van der Waals surface area (Å²) in [5.74, 6) is 3.41. The van der Waals surface area contributed by atoms with Crippen LogP contribution in [0.5, 0.6) is 0 Å². The lowest BCUT2D eigenvalue weighted by atomic mass is 9.97. The van der Waals surface area contributed by atoms with Crippen molar-refractivity contribution in [2.24, 2.45) is 5.92 Å². The molecule has 0 aliphatic rings. The molecular weight excluding hydrogens is 450 g/mol. The fraction of sp³-hybridized carbons (Fsp3) is 0.654. The molecule has 0 saturated carbocycles. The second-order valence-corrected chi connectivity index (χ2v) is 17.2. The van der Waals surface area contributed by atoms with Crippen LogP contribution in [0.15, 0.2) is 29.2 Å². The van der Waals surface area contributed by atoms with Crippen molar-refractivity contribution < 1.29 is 17.4 Å². The van der Waals surface area contributed by atoms with Gasteiger partial charge in [-0.3, -0.25) is 8.98 Å². The van der Waals surface area contributed by atoms with Crippen LogP contribution < -0.4 is 5.32 Å². The molecule has 0 fully saturated rings. The number of benzene rings is 1. The average molecular weight is 494 g/mol. The molecule has 0 saturated heterocycles. The van der Waals surface area contributed by atoms with Crippen molar-refractivity contribution in [3.8, 4) is 11.5 Å². The van der Waals surface area contributed by atoms with Crippen molar-refractivity contribution >= 4 is 24.1 Å². The van der Waals surface area contributed by atoms with E-state index in [0.717, 1.165) is 5.56 Å². The van der Waals surface area contributed by atoms with Crippen LogP contribution in [-0.2, 0) is 19.1 Å². The summed E-state index contributed by atoms with van der Waals surface area (Å²) in [5, 5.41) is 3.01. The quantitative estimate of drug-likeness (QED) is 0.182. The van der Waals surface area contributed by atoms with E-state index in [1.807, 2.05) is 13.8 Å². The van der Waals surface area contributed by atoms with Crippen molar-refractivity contribution in [3.05, 3.63) is 29.8 Å². The molecule has 0 unspecified atom stereocenters. The first-order chi connectivity index (χ1) is 15.2. The van der Waals surface area contributed by atoms with Gasteiger partial charge in [-0.25, -0.2) is 0 Å². The SMILES string of the molecule is CC(=O)N[C@H](C#C[Si](C(C)C)(C(C)C)C(C)C)[C@H](C)CCCOS(=O)(=O)c1ccc(C)cc1. The summed E-state index contributed by atoms with van der Waals surface area (Å²) in [4.78, 5) is 12.0. The molecule has 1 N–H and O–H groups in total. The van der Waals surface area contributed by atoms with Crippen LogP contribution >= 0.6 is 0 Å². The number of aryl methyl sites for hydroxylation is 1. The van der Waals surface area contributed by atoms with E-state index in [2.05, 4.69) is 58.3 Å². The van der Waals surface area contributed by atoms with Gasteiger partial charge in [-0.2, -0.15) is 8.42 Å². The van der Waals surface area contributed by atoms with Gasteiger partial charge in [-0.1, -0.05) is 72.1 Å². The highest BCUT2D eigenvalue weighted by atomic mass is 32.2. The summed E-state index contributed by atoms with van der Waals surface area (Å²) in [6.45, 7) is 19.2. The molecule has 0 radical (unpaired) electrons. The molecule has 0 aliphatic heterocycles. The lowest BCUT2D eigenvalue weighted by Crippen LogP contribution is -2.44. The molecule has 1 amide bonds. The Hall–Kier alpha value is -1.62. The van der Waals surface area contributed by atoms with Crippen molar-refractivity contribution in [3.63, 3.8) is 0 Å². The van der Waals surface area contributed by atoms with E-state index >= 15 is 0 Å². The van der Waals surface area contributed by atoms with Crippen LogP contribution in [0.1, 0.15) is 73.8 Å². The summed E-state index contributed by atoms with van der Waals surface area (Å²) >= 11 is 0. The van der Waals surface area contributed by atoms with Gasteiger partial charge in [-0.15, -0.1) is 5.54 Å². The van der Waals surface area contributed by atoms with Crippen LogP contribution in [0.2, 0.25) is 16.6 Å². The zero-order chi connectivity index (χ0) is 25.4. The highest BCUT2D eigenvalue weighted by Crippen LogP contribution is 2.40. The zero-order valence-electron chi connectivity index (χ0n) is 21.9. The lowest BCUT2D eigenvalue weighted by molar-refractivity contribution is -0.119. The number of hydrogen-bond acceptors (Lipinski definition) is 4. The van der Waals surface area contributed by atoms with E-state index in [1.165, 1.54) is 6.92 Å². The maximum atomic E-state index is 12.4. The third-order valence-corrected chi connectivity index (χ3v) is 14.2. The number of hydrogen-bond donors (Lipinski definition) is 1. The monoisotopic (exact) mass is 493 g/mol. The molecule has 2 atom stereocenters. The van der Waals surface area contributed by atoms with Gasteiger partial charge in [0, 0.05) is 6.92 Å². The molecule has 1 aromatic carbocycles. The number of nitrogens with one attached hydrogen (secondary N) is 1. The smallest absolute Gasteiger partial charge is 0.296 e. The first kappa shape index (κ1) is 29.4. The summed E-state index contributed by atoms with van der Waals surface area (Å²) in [6, 6.07) is 6.36. The van der Waals surface area contributed by atoms with Crippen LogP contribution in [0.3, 0.4) is 0 Å². The van der Waals surface area contributed by atoms with Gasteiger partial charge in [0.05, 0.1) is 17.5 Å². The Labute approximate surface area is 203 Å². The number of carbonyl (C=O) groups is 1. The molecule has 1 aromatic rings. The molecule has 0 heterocycles. The van der Waals surface area contributed by atoms with Crippen molar-refractivity contribution in [1.82, 2.24) is 5.32 Å². The molecule has 0 bridgehead atoms. The minimum Gasteiger partial charge on any atom is -0.342 e. The lowest BCUT2D eigenvalue weighted by Gasteiger charge is -2.38. The van der Waals surface area contributed by atoms with Crippen molar-refractivity contribution in [2.75, 3.05) is 6.61 Å². The van der Waals surface area contributed by atoms with E-state index in [-0.39, 0.29) is 29.4 Å². The van der Waals surface area contributed by atoms with E-state index in [0.29, 0.717) is 29.5 Å². The van der Waals surface area contributed by atoms with Crippen molar-refractivity contribution in [1.29, 1.82) is 0 Å². The Bertz CT molecular complexity index is 906. The first-order valence-electron chi connectivity index (χ1n) is 12.0. The van der Waals surface area contributed by atoms with Gasteiger partial charge in [0.2, 0.25) is 5.91 Å². The zero-order valence-corrected chi connectivity index (χ0v) is 23.7. The summed E-state index contributed by atoms with van der Waals surface area (Å²) in [7, 11) is -5.67. The minimum atomic E-state index is -3.76. The maximum Gasteiger partial charge on any atom is 0.296 e. The number of carbonyl (C=O) groups excluding carboxylic acids is 1. The molecule has 186 valence electrons. The van der Waals surface area contributed by atoms with E-state index in [4.69, 9.17) is 4.18 Å². The second-order valence-electron chi connectivity index (χ2n) is 10.1. The third-order valence-electron chi connectivity index (χ3n) is 6.59. The van der Waals surface area contributed by atoms with Crippen LogP contribution in [0, 0.1) is 24.3 Å². The van der Waals surface area contributed by atoms with Gasteiger partial charge in [0.25, 0.3) is 10.1 Å². The molecule has 0 aliphatic carbocycles. The largest absolute Gasteiger partial charge is 0.342 e. The molecule has 1 rings (SSSR count). The molecule has 5 nitrogen and oxygen atoms in total. The molecule has 33 heavy (non-hydrogen) atoms. The fourth-order valence-corrected chi connectivity index (χ4v) is 10.9. The predicted octanol–water partition coefficient (Wildman–Crippen LogP) is 5.84. The Kier molecular flexibility index (Phi) is 11.3. The number of rotatable bonds is 11. The molecule has 7 heteroatoms. The molecule has 0 spiro atoms. The highest BCUT2D eigenvalue weighted by molar-refractivity contribution is 7.86. The average Bonchev–Trinajstić information content (AvgIpc) is 2.69. The van der Waals surface area contributed by atoms with Crippen LogP contribution in [0.4, 0.5) is 0 Å².